The molecule has 0 radical (unpaired) electrons. The molecule has 0 aromatic heterocycles. The molecule has 0 heterocycles. The number of rotatable bonds is 53. The minimum Gasteiger partial charge on any atom is -0.387 e. The van der Waals surface area contributed by atoms with Gasteiger partial charge in [-0.05, 0) is 44.9 Å². The summed E-state index contributed by atoms with van der Waals surface area (Å²) >= 11 is 0. The summed E-state index contributed by atoms with van der Waals surface area (Å²) in [5, 5.41) is 13.9. The number of aliphatic hydroxyl groups excluding tert-OH is 1. The quantitative estimate of drug-likeness (QED) is 0.0243. The zero-order valence-electron chi connectivity index (χ0n) is 45.2. The van der Waals surface area contributed by atoms with Gasteiger partial charge in [0.05, 0.1) is 39.9 Å². The molecule has 396 valence electrons. The van der Waals surface area contributed by atoms with Crippen molar-refractivity contribution in [1.82, 2.24) is 5.32 Å². The Morgan fingerprint density at radius 1 is 0.493 bits per heavy atom. The lowest BCUT2D eigenvalue weighted by Gasteiger charge is -2.25. The molecule has 67 heavy (non-hydrogen) atoms. The van der Waals surface area contributed by atoms with Crippen LogP contribution in [0.4, 0.5) is 0 Å². The van der Waals surface area contributed by atoms with Crippen molar-refractivity contribution in [1.29, 1.82) is 0 Å². The number of carbonyl (C=O) groups excluding carboxylic acids is 1. The lowest BCUT2D eigenvalue weighted by atomic mass is 10.0. The number of hydrogen-bond donors (Lipinski definition) is 3. The number of amides is 1. The first kappa shape index (κ1) is 65.7. The Bertz CT molecular complexity index is 1190. The van der Waals surface area contributed by atoms with Gasteiger partial charge in [-0.3, -0.25) is 13.8 Å². The third-order valence-corrected chi connectivity index (χ3v) is 14.1. The summed E-state index contributed by atoms with van der Waals surface area (Å²) in [5.74, 6) is -0.187. The lowest BCUT2D eigenvalue weighted by Crippen LogP contribution is -2.45. The Kier molecular flexibility index (Phi) is 48.7. The molecule has 1 amide bonds. The fraction of sp³-hybridized carbons (Fsp3) is 0.879. The van der Waals surface area contributed by atoms with E-state index in [-0.39, 0.29) is 19.1 Å². The van der Waals surface area contributed by atoms with Gasteiger partial charge >= 0.3 is 7.82 Å². The van der Waals surface area contributed by atoms with Gasteiger partial charge in [-0.1, -0.05) is 262 Å². The van der Waals surface area contributed by atoms with E-state index in [1.165, 1.54) is 212 Å². The summed E-state index contributed by atoms with van der Waals surface area (Å²) in [6.07, 6.45) is 64.0. The molecule has 9 heteroatoms. The normalized spacial score (nSPS) is 14.2. The molecule has 0 rings (SSSR count). The molecule has 3 N–H and O–H groups in total. The second-order valence-electron chi connectivity index (χ2n) is 21.0. The van der Waals surface area contributed by atoms with Crippen LogP contribution in [0.15, 0.2) is 36.5 Å². The molecular weight excluding hydrogens is 852 g/mol. The molecule has 0 saturated carbocycles. The maximum atomic E-state index is 12.9. The number of phosphoric ester groups is 1. The minimum atomic E-state index is -4.36. The van der Waals surface area contributed by atoms with Gasteiger partial charge in [0.15, 0.2) is 0 Å². The molecule has 0 aliphatic rings. The smallest absolute Gasteiger partial charge is 0.387 e. The highest BCUT2D eigenvalue weighted by Crippen LogP contribution is 2.43. The number of quaternary nitrogens is 1. The first-order valence-corrected chi connectivity index (χ1v) is 30.4. The van der Waals surface area contributed by atoms with Crippen molar-refractivity contribution in [3.8, 4) is 0 Å². The largest absolute Gasteiger partial charge is 0.472 e. The molecule has 0 aliphatic heterocycles. The zero-order chi connectivity index (χ0) is 49.2. The van der Waals surface area contributed by atoms with Crippen molar-refractivity contribution in [2.45, 2.75) is 289 Å². The molecule has 3 atom stereocenters. The van der Waals surface area contributed by atoms with Crippen LogP contribution in [0, 0.1) is 0 Å². The second kappa shape index (κ2) is 49.7. The van der Waals surface area contributed by atoms with Crippen molar-refractivity contribution < 1.29 is 32.9 Å². The zero-order valence-corrected chi connectivity index (χ0v) is 46.0. The van der Waals surface area contributed by atoms with Gasteiger partial charge in [-0.25, -0.2) is 4.57 Å². The topological polar surface area (TPSA) is 105 Å². The predicted octanol–water partition coefficient (Wildman–Crippen LogP) is 17.4. The van der Waals surface area contributed by atoms with E-state index >= 15 is 0 Å². The van der Waals surface area contributed by atoms with Gasteiger partial charge in [-0.2, -0.15) is 0 Å². The second-order valence-corrected chi connectivity index (χ2v) is 22.5. The van der Waals surface area contributed by atoms with Crippen LogP contribution in [0.2, 0.25) is 0 Å². The van der Waals surface area contributed by atoms with Crippen LogP contribution < -0.4 is 5.32 Å². The van der Waals surface area contributed by atoms with Crippen LogP contribution in [0.3, 0.4) is 0 Å². The standard InChI is InChI=1S/C58H113N2O6P/c1-6-8-10-12-14-16-18-20-22-24-25-26-27-28-29-30-31-32-33-34-36-37-39-41-43-45-47-49-51-57(61)56(55-66-67(63,64)65-54-53-60(3,4)5)59-58(62)52-50-48-46-44-42-40-38-35-23-21-19-17-15-13-11-9-7-2/h34,36,41,43,49,51,56-57,61H,6-33,35,37-40,42,44-48,50,52-55H2,1-5H3,(H-,59,62,63,64)/p+1/b36-34+,43-41+,51-49+. The monoisotopic (exact) mass is 966 g/mol. The van der Waals surface area contributed by atoms with Crippen LogP contribution in [-0.4, -0.2) is 73.4 Å². The Hall–Kier alpha value is -1.28. The minimum absolute atomic E-state index is 0.0551. The third kappa shape index (κ3) is 52.4. The van der Waals surface area contributed by atoms with Crippen molar-refractivity contribution in [2.75, 3.05) is 40.9 Å². The fourth-order valence-corrected chi connectivity index (χ4v) is 9.28. The molecule has 0 fully saturated rings. The molecular formula is C58H114N2O6P+. The van der Waals surface area contributed by atoms with E-state index in [9.17, 15) is 19.4 Å². The molecule has 0 bridgehead atoms. The van der Waals surface area contributed by atoms with Gasteiger partial charge in [-0.15, -0.1) is 0 Å². The summed E-state index contributed by atoms with van der Waals surface area (Å²) < 4.78 is 23.7. The highest BCUT2D eigenvalue weighted by atomic mass is 31.2. The van der Waals surface area contributed by atoms with Crippen LogP contribution in [0.5, 0.6) is 0 Å². The number of hydrogen-bond acceptors (Lipinski definition) is 5. The van der Waals surface area contributed by atoms with E-state index in [1.807, 2.05) is 27.2 Å². The van der Waals surface area contributed by atoms with Crippen LogP contribution in [0.25, 0.3) is 0 Å². The van der Waals surface area contributed by atoms with Crippen molar-refractivity contribution >= 4 is 13.7 Å². The van der Waals surface area contributed by atoms with Gasteiger partial charge in [0, 0.05) is 6.42 Å². The molecule has 3 unspecified atom stereocenters. The Balaban J connectivity index is 4.24. The number of aliphatic hydroxyl groups is 1. The number of unbranched alkanes of at least 4 members (excludes halogenated alkanes) is 36. The van der Waals surface area contributed by atoms with Crippen molar-refractivity contribution in [3.05, 3.63) is 36.5 Å². The number of allylic oxidation sites excluding steroid dienone is 5. The third-order valence-electron chi connectivity index (χ3n) is 13.1. The maximum absolute atomic E-state index is 12.9. The molecule has 0 spiro atoms. The van der Waals surface area contributed by atoms with Crippen molar-refractivity contribution in [2.24, 2.45) is 0 Å². The van der Waals surface area contributed by atoms with E-state index in [0.29, 0.717) is 17.4 Å². The van der Waals surface area contributed by atoms with Gasteiger partial charge in [0.1, 0.15) is 13.2 Å². The Labute approximate surface area is 417 Å². The number of nitrogens with one attached hydrogen (secondary N) is 1. The van der Waals surface area contributed by atoms with Gasteiger partial charge < -0.3 is 19.8 Å². The number of nitrogens with zero attached hydrogens (tertiary/aromatic N) is 1. The van der Waals surface area contributed by atoms with Crippen LogP contribution in [0.1, 0.15) is 277 Å². The van der Waals surface area contributed by atoms with E-state index in [4.69, 9.17) is 9.05 Å². The maximum Gasteiger partial charge on any atom is 0.472 e. The average Bonchev–Trinajstić information content (AvgIpc) is 3.29. The highest BCUT2D eigenvalue weighted by Gasteiger charge is 2.27. The predicted molar refractivity (Wildman–Crippen MR) is 291 cm³/mol. The summed E-state index contributed by atoms with van der Waals surface area (Å²) in [6, 6.07) is -0.867. The molecule has 0 aliphatic carbocycles. The Morgan fingerprint density at radius 3 is 1.19 bits per heavy atom. The Morgan fingerprint density at radius 2 is 0.821 bits per heavy atom. The van der Waals surface area contributed by atoms with E-state index in [1.54, 1.807) is 6.08 Å². The SMILES string of the molecule is CCCCCCCCCCCCCCCCCCCC/C=C/CC/C=C/CC/C=C/C(O)C(COP(=O)(O)OCC[N+](C)(C)C)NC(=O)CCCCCCCCCCCCCCCCCCC. The van der Waals surface area contributed by atoms with Crippen LogP contribution >= 0.6 is 7.82 Å². The van der Waals surface area contributed by atoms with Crippen molar-refractivity contribution in [3.63, 3.8) is 0 Å². The summed E-state index contributed by atoms with van der Waals surface area (Å²) in [7, 11) is 1.56. The average molecular weight is 967 g/mol. The van der Waals surface area contributed by atoms with Gasteiger partial charge in [0.25, 0.3) is 0 Å². The molecule has 0 saturated heterocycles. The number of likely N-dealkylation sites (N-methyl/N-ethyl adjacent to an activating group) is 1. The fourth-order valence-electron chi connectivity index (χ4n) is 8.55. The van der Waals surface area contributed by atoms with E-state index in [2.05, 4.69) is 43.5 Å². The summed E-state index contributed by atoms with van der Waals surface area (Å²) in [6.45, 7) is 4.82. The van der Waals surface area contributed by atoms with E-state index < -0.39 is 20.0 Å². The summed E-state index contributed by atoms with van der Waals surface area (Å²) in [5.41, 5.74) is 0. The molecule has 0 aromatic rings. The first-order valence-electron chi connectivity index (χ1n) is 28.9. The van der Waals surface area contributed by atoms with E-state index in [0.717, 1.165) is 44.9 Å². The number of carbonyl (C=O) groups is 1. The molecule has 8 nitrogen and oxygen atoms in total. The summed E-state index contributed by atoms with van der Waals surface area (Å²) in [4.78, 5) is 23.3. The molecule has 0 aromatic carbocycles. The van der Waals surface area contributed by atoms with Crippen LogP contribution in [-0.2, 0) is 18.4 Å². The number of phosphoric acid groups is 1. The first-order chi connectivity index (χ1) is 32.5. The highest BCUT2D eigenvalue weighted by molar-refractivity contribution is 7.47. The lowest BCUT2D eigenvalue weighted by molar-refractivity contribution is -0.870. The van der Waals surface area contributed by atoms with Gasteiger partial charge in [0.2, 0.25) is 5.91 Å².